The molecule has 0 spiro atoms. The molecule has 7 nitrogen and oxygen atoms in total. The smallest absolute Gasteiger partial charge is 0.258 e. The first-order valence-corrected chi connectivity index (χ1v) is 10.1. The molecule has 1 fully saturated rings. The summed E-state index contributed by atoms with van der Waals surface area (Å²) in [5, 5.41) is 1.61. The summed E-state index contributed by atoms with van der Waals surface area (Å²) in [5.74, 6) is 0.641. The van der Waals surface area contributed by atoms with E-state index in [1.807, 2.05) is 36.5 Å². The normalized spacial score (nSPS) is 14.4. The van der Waals surface area contributed by atoms with Gasteiger partial charge >= 0.3 is 0 Å². The van der Waals surface area contributed by atoms with E-state index in [4.69, 9.17) is 9.47 Å². The Bertz CT molecular complexity index is 1110. The van der Waals surface area contributed by atoms with Crippen LogP contribution in [-0.4, -0.2) is 39.3 Å². The topological polar surface area (TPSA) is 90.0 Å². The second-order valence-corrected chi connectivity index (χ2v) is 7.46. The lowest BCUT2D eigenvalue weighted by atomic mass is 10.1. The number of fused-ring (bicyclic) bond motifs is 2. The number of hydrogen-bond acceptors (Lipinski definition) is 6. The highest BCUT2D eigenvalue weighted by Gasteiger charge is 2.17. The van der Waals surface area contributed by atoms with E-state index in [0.717, 1.165) is 28.2 Å². The summed E-state index contributed by atoms with van der Waals surface area (Å²) in [7, 11) is 0. The first kappa shape index (κ1) is 19.5. The van der Waals surface area contributed by atoms with Crippen molar-refractivity contribution in [2.24, 2.45) is 0 Å². The minimum atomic E-state index is -0.164. The highest BCUT2D eigenvalue weighted by molar-refractivity contribution is 9.10. The van der Waals surface area contributed by atoms with Gasteiger partial charge in [-0.05, 0) is 18.2 Å². The van der Waals surface area contributed by atoms with E-state index in [0.29, 0.717) is 29.9 Å². The average molecular weight is 455 g/mol. The maximum atomic E-state index is 11.8. The summed E-state index contributed by atoms with van der Waals surface area (Å²) in [6.45, 7) is 1.43. The van der Waals surface area contributed by atoms with E-state index >= 15 is 0 Å². The lowest BCUT2D eigenvalue weighted by Crippen LogP contribution is -2.26. The fourth-order valence-corrected chi connectivity index (χ4v) is 3.54. The number of hydrogen-bond donors (Lipinski definition) is 1. The molecule has 8 heteroatoms. The Labute approximate surface area is 175 Å². The minimum Gasteiger partial charge on any atom is -0.488 e. The highest BCUT2D eigenvalue weighted by Crippen LogP contribution is 2.28. The van der Waals surface area contributed by atoms with Gasteiger partial charge in [-0.15, -0.1) is 0 Å². The van der Waals surface area contributed by atoms with Crippen LogP contribution >= 0.6 is 15.9 Å². The van der Waals surface area contributed by atoms with Crippen molar-refractivity contribution in [3.63, 3.8) is 0 Å². The molecule has 0 atom stereocenters. The fraction of sp³-hybridized carbons (Fsp3) is 0.238. The lowest BCUT2D eigenvalue weighted by molar-refractivity contribution is 0.0261. The van der Waals surface area contributed by atoms with Crippen LogP contribution in [-0.2, 0) is 4.74 Å². The number of nitrogens with zero attached hydrogens (tertiary/aromatic N) is 3. The third kappa shape index (κ3) is 4.78. The molecule has 0 bridgehead atoms. The molecule has 2 aromatic heterocycles. The van der Waals surface area contributed by atoms with E-state index in [1.54, 1.807) is 12.4 Å². The summed E-state index contributed by atoms with van der Waals surface area (Å²) in [6.07, 6.45) is 6.60. The second-order valence-electron chi connectivity index (χ2n) is 6.54. The van der Waals surface area contributed by atoms with Crippen LogP contribution in [0, 0.1) is 0 Å². The van der Waals surface area contributed by atoms with Crippen LogP contribution in [0.3, 0.4) is 0 Å². The zero-order valence-electron chi connectivity index (χ0n) is 15.5. The Balaban J connectivity index is 0.000000171. The van der Waals surface area contributed by atoms with Gasteiger partial charge in [0.2, 0.25) is 0 Å². The molecule has 0 aliphatic carbocycles. The van der Waals surface area contributed by atoms with Crippen molar-refractivity contribution in [3.05, 3.63) is 70.1 Å². The third-order valence-electron chi connectivity index (χ3n) is 4.55. The second kappa shape index (κ2) is 9.11. The first-order valence-electron chi connectivity index (χ1n) is 9.27. The molecule has 0 radical (unpaired) electrons. The van der Waals surface area contributed by atoms with Gasteiger partial charge in [0.05, 0.1) is 30.4 Å². The standard InChI is InChI=1S/C13H13BrN2O3.C8H6N2/c14-8-5-10-12(15-7-16-13(10)17)11(6-8)19-9-1-3-18-4-2-9;1-2-4-8-7(3-1)5-9-6-10-8/h5-7,9H,1-4H2,(H,15,16,17);1-6H. The molecule has 2 aromatic carbocycles. The van der Waals surface area contributed by atoms with Crippen LogP contribution in [0.1, 0.15) is 12.8 Å². The zero-order valence-corrected chi connectivity index (χ0v) is 17.1. The summed E-state index contributed by atoms with van der Waals surface area (Å²) in [6, 6.07) is 11.5. The Hall–Kier alpha value is -2.84. The van der Waals surface area contributed by atoms with Crippen LogP contribution in [0.4, 0.5) is 0 Å². The van der Waals surface area contributed by atoms with E-state index in [9.17, 15) is 4.79 Å². The number of rotatable bonds is 2. The Morgan fingerprint density at radius 1 is 1.14 bits per heavy atom. The molecule has 1 saturated heterocycles. The first-order chi connectivity index (χ1) is 14.2. The number of H-pyrrole nitrogens is 1. The summed E-state index contributed by atoms with van der Waals surface area (Å²) < 4.78 is 12.1. The molecule has 1 aliphatic heterocycles. The molecule has 0 amide bonds. The van der Waals surface area contributed by atoms with Crippen molar-refractivity contribution in [2.45, 2.75) is 18.9 Å². The Morgan fingerprint density at radius 2 is 1.97 bits per heavy atom. The SMILES string of the molecule is O=c1[nH]cnc2c(OC3CCOCC3)cc(Br)cc12.c1ccc2ncncc2c1. The third-order valence-corrected chi connectivity index (χ3v) is 5.01. The predicted octanol–water partition coefficient (Wildman–Crippen LogP) is 3.87. The van der Waals surface area contributed by atoms with Crippen molar-refractivity contribution >= 4 is 37.7 Å². The lowest BCUT2D eigenvalue weighted by Gasteiger charge is -2.23. The largest absolute Gasteiger partial charge is 0.488 e. The van der Waals surface area contributed by atoms with Gasteiger partial charge in [0.25, 0.3) is 5.56 Å². The molecule has 29 heavy (non-hydrogen) atoms. The molecular weight excluding hydrogens is 436 g/mol. The molecule has 1 N–H and O–H groups in total. The van der Waals surface area contributed by atoms with Crippen LogP contribution < -0.4 is 10.3 Å². The van der Waals surface area contributed by atoms with Crippen LogP contribution in [0.2, 0.25) is 0 Å². The number of ether oxygens (including phenoxy) is 2. The van der Waals surface area contributed by atoms with Crippen LogP contribution in [0.5, 0.6) is 5.75 Å². The number of benzene rings is 2. The molecule has 5 rings (SSSR count). The van der Waals surface area contributed by atoms with Gasteiger partial charge in [-0.25, -0.2) is 15.0 Å². The average Bonchev–Trinajstić information content (AvgIpc) is 2.76. The predicted molar refractivity (Wildman–Crippen MR) is 114 cm³/mol. The number of aromatic nitrogens is 4. The van der Waals surface area contributed by atoms with Crippen molar-refractivity contribution in [2.75, 3.05) is 13.2 Å². The molecule has 0 saturated carbocycles. The van der Waals surface area contributed by atoms with Gasteiger partial charge in [0.1, 0.15) is 23.7 Å². The number of aromatic amines is 1. The number of para-hydroxylation sites is 1. The molecule has 1 aliphatic rings. The number of nitrogens with one attached hydrogen (secondary N) is 1. The Kier molecular flexibility index (Phi) is 6.12. The monoisotopic (exact) mass is 454 g/mol. The van der Waals surface area contributed by atoms with Gasteiger partial charge in [-0.2, -0.15) is 0 Å². The zero-order chi connectivity index (χ0) is 20.1. The highest BCUT2D eigenvalue weighted by atomic mass is 79.9. The summed E-state index contributed by atoms with van der Waals surface area (Å²) in [4.78, 5) is 26.5. The summed E-state index contributed by atoms with van der Waals surface area (Å²) >= 11 is 3.40. The van der Waals surface area contributed by atoms with Crippen molar-refractivity contribution < 1.29 is 9.47 Å². The van der Waals surface area contributed by atoms with E-state index in [1.165, 1.54) is 6.33 Å². The molecular formula is C21H19BrN4O3. The molecule has 3 heterocycles. The number of halogens is 1. The molecule has 4 aromatic rings. The van der Waals surface area contributed by atoms with Crippen molar-refractivity contribution in [1.29, 1.82) is 0 Å². The fourth-order valence-electron chi connectivity index (χ4n) is 3.10. The molecule has 0 unspecified atom stereocenters. The van der Waals surface area contributed by atoms with Gasteiger partial charge in [0.15, 0.2) is 0 Å². The minimum absolute atomic E-state index is 0.118. The molecule has 148 valence electrons. The van der Waals surface area contributed by atoms with Crippen LogP contribution in [0.15, 0.2) is 64.5 Å². The van der Waals surface area contributed by atoms with E-state index in [-0.39, 0.29) is 11.7 Å². The maximum Gasteiger partial charge on any atom is 0.258 e. The van der Waals surface area contributed by atoms with E-state index in [2.05, 4.69) is 35.9 Å². The summed E-state index contributed by atoms with van der Waals surface area (Å²) in [5.41, 5.74) is 1.43. The van der Waals surface area contributed by atoms with Crippen molar-refractivity contribution in [3.8, 4) is 5.75 Å². The van der Waals surface area contributed by atoms with Crippen LogP contribution in [0.25, 0.3) is 21.8 Å². The van der Waals surface area contributed by atoms with Crippen molar-refractivity contribution in [1.82, 2.24) is 19.9 Å². The van der Waals surface area contributed by atoms with Gasteiger partial charge in [-0.3, -0.25) is 4.79 Å². The quantitative estimate of drug-likeness (QED) is 0.494. The Morgan fingerprint density at radius 3 is 2.79 bits per heavy atom. The van der Waals surface area contributed by atoms with Gasteiger partial charge in [-0.1, -0.05) is 34.1 Å². The van der Waals surface area contributed by atoms with E-state index < -0.39 is 0 Å². The van der Waals surface area contributed by atoms with Gasteiger partial charge in [0, 0.05) is 28.9 Å². The maximum absolute atomic E-state index is 11.8. The van der Waals surface area contributed by atoms with Gasteiger partial charge < -0.3 is 14.5 Å².